The Hall–Kier alpha value is -0.320. The first-order chi connectivity index (χ1) is 17.0. The van der Waals surface area contributed by atoms with E-state index in [1.165, 1.54) is 0 Å². The molecule has 7 bridgehead atoms. The molecule has 0 aromatic carbocycles. The van der Waals surface area contributed by atoms with Gasteiger partial charge in [-0.05, 0) is 31.7 Å². The van der Waals surface area contributed by atoms with Gasteiger partial charge in [-0.2, -0.15) is 0 Å². The van der Waals surface area contributed by atoms with Crippen molar-refractivity contribution >= 4 is 0 Å². The van der Waals surface area contributed by atoms with Crippen molar-refractivity contribution in [3.63, 3.8) is 0 Å². The number of methoxy groups -OCH3 is 5. The Kier molecular flexibility index (Phi) is 5.18. The van der Waals surface area contributed by atoms with Crippen LogP contribution in [0.1, 0.15) is 32.6 Å². The van der Waals surface area contributed by atoms with Crippen LogP contribution in [0.15, 0.2) is 0 Å². The van der Waals surface area contributed by atoms with Crippen molar-refractivity contribution < 1.29 is 33.2 Å². The zero-order chi connectivity index (χ0) is 24.4. The number of hydrogen-bond acceptors (Lipinski definition) is 8. The predicted molar refractivity (Wildman–Crippen MR) is 126 cm³/mol. The van der Waals surface area contributed by atoms with Gasteiger partial charge in [0.25, 0.3) is 0 Å². The summed E-state index contributed by atoms with van der Waals surface area (Å²) in [4.78, 5) is 2.71. The number of piperidine rings is 1. The maximum atomic E-state index is 7.02. The quantitative estimate of drug-likeness (QED) is 0.533. The first kappa shape index (κ1) is 23.8. The van der Waals surface area contributed by atoms with E-state index in [1.54, 1.807) is 0 Å². The molecule has 7 fully saturated rings. The van der Waals surface area contributed by atoms with Gasteiger partial charge in [0.15, 0.2) is 0 Å². The second-order valence-electron chi connectivity index (χ2n) is 12.5. The van der Waals surface area contributed by atoms with Crippen molar-refractivity contribution in [2.24, 2.45) is 34.5 Å². The highest BCUT2D eigenvalue weighted by atomic mass is 16.7. The van der Waals surface area contributed by atoms with Crippen molar-refractivity contribution in [1.29, 1.82) is 0 Å². The maximum absolute atomic E-state index is 7.02. The highest BCUT2D eigenvalue weighted by molar-refractivity contribution is 5.43. The smallest absolute Gasteiger partial charge is 0.148 e. The number of likely N-dealkylation sites (tertiary alicyclic amines) is 1. The molecule has 5 saturated carbocycles. The summed E-state index contributed by atoms with van der Waals surface area (Å²) in [6.45, 7) is 5.29. The first-order valence-corrected chi connectivity index (χ1v) is 13.6. The summed E-state index contributed by atoms with van der Waals surface area (Å²) in [7, 11) is 9.39. The number of ether oxygens (including phenoxy) is 7. The average Bonchev–Trinajstić information content (AvgIpc) is 3.45. The number of hydrogen-bond donors (Lipinski definition) is 0. The summed E-state index contributed by atoms with van der Waals surface area (Å²) in [5.41, 5.74) is -1.22. The topological polar surface area (TPSA) is 67.9 Å². The molecule has 2 heterocycles. The molecule has 0 aromatic heterocycles. The number of likely N-dealkylation sites (N-methyl/N-ethyl adjacent to an activating group) is 1. The zero-order valence-corrected chi connectivity index (χ0v) is 22.2. The highest BCUT2D eigenvalue weighted by Gasteiger charge is 2.93. The maximum Gasteiger partial charge on any atom is 0.148 e. The van der Waals surface area contributed by atoms with Crippen molar-refractivity contribution in [3.05, 3.63) is 0 Å². The molecule has 13 atom stereocenters. The minimum atomic E-state index is -0.594. The normalized spacial score (nSPS) is 59.7. The van der Waals surface area contributed by atoms with Gasteiger partial charge >= 0.3 is 0 Å². The van der Waals surface area contributed by atoms with Gasteiger partial charge < -0.3 is 33.2 Å². The van der Waals surface area contributed by atoms with Crippen LogP contribution in [-0.4, -0.2) is 109 Å². The summed E-state index contributed by atoms with van der Waals surface area (Å²) >= 11 is 0. The van der Waals surface area contributed by atoms with Crippen LogP contribution in [0.4, 0.5) is 0 Å². The third-order valence-electron chi connectivity index (χ3n) is 12.3. The van der Waals surface area contributed by atoms with Gasteiger partial charge in [-0.1, -0.05) is 6.92 Å². The van der Waals surface area contributed by atoms with Gasteiger partial charge in [0, 0.05) is 77.1 Å². The second kappa shape index (κ2) is 7.63. The lowest BCUT2D eigenvalue weighted by atomic mass is 9.42. The Morgan fingerprint density at radius 1 is 1.00 bits per heavy atom. The minimum Gasteiger partial charge on any atom is -0.384 e. The van der Waals surface area contributed by atoms with Crippen LogP contribution in [0.5, 0.6) is 0 Å². The molecule has 2 aliphatic heterocycles. The zero-order valence-electron chi connectivity index (χ0n) is 22.2. The fraction of sp³-hybridized carbons (Fsp3) is 1.00. The molecule has 198 valence electrons. The van der Waals surface area contributed by atoms with Crippen molar-refractivity contribution in [2.75, 3.05) is 62.0 Å². The van der Waals surface area contributed by atoms with Crippen LogP contribution < -0.4 is 0 Å². The van der Waals surface area contributed by atoms with E-state index in [2.05, 4.69) is 11.8 Å². The summed E-state index contributed by atoms with van der Waals surface area (Å²) in [5.74, 6) is 1.25. The lowest BCUT2D eigenvalue weighted by Crippen LogP contribution is -2.81. The SMILES string of the molecule is CCN1C[C@@]2(COC)CC[C@H](OC)[C@]34[C@@H]1[C@@]1(OCO[C@@]15C[C@@H](OC)[C@@H]1C[C@H]3[C@H]5[C@H]1OC)[C@H](OC)[C@@H]24. The lowest BCUT2D eigenvalue weighted by Gasteiger charge is -2.70. The predicted octanol–water partition coefficient (Wildman–Crippen LogP) is 1.94. The molecule has 5 aliphatic carbocycles. The molecule has 7 aliphatic rings. The van der Waals surface area contributed by atoms with E-state index in [9.17, 15) is 0 Å². The van der Waals surface area contributed by atoms with Crippen molar-refractivity contribution in [1.82, 2.24) is 4.90 Å². The number of fused-ring (bicyclic) bond motifs is 1. The van der Waals surface area contributed by atoms with Crippen LogP contribution in [0, 0.1) is 34.5 Å². The Morgan fingerprint density at radius 3 is 2.49 bits per heavy atom. The first-order valence-electron chi connectivity index (χ1n) is 13.6. The standard InChI is InChI=1S/C27H43NO7/c1-7-28-12-24(13-29-2)9-8-18(31-4)26-16-10-15-17(30-3)11-25(19(16)20(15)32-5)27(23(26)28,35-14-34-25)22(33-6)21(24)26/h15-23H,7-14H2,1-6H3/t15-,16-,17+,18-,19-,20-,21-,22+,23+,24+,25+,26+,27-/m0/s1. The fourth-order valence-corrected chi connectivity index (χ4v) is 12.0. The molecule has 7 rings (SSSR count). The molecule has 35 heavy (non-hydrogen) atoms. The Bertz CT molecular complexity index is 874. The third kappa shape index (κ3) is 2.25. The monoisotopic (exact) mass is 493 g/mol. The molecular weight excluding hydrogens is 450 g/mol. The minimum absolute atomic E-state index is 0.00639. The molecular formula is C27H43NO7. The van der Waals surface area contributed by atoms with Crippen LogP contribution in [0.25, 0.3) is 0 Å². The van der Waals surface area contributed by atoms with E-state index in [-0.39, 0.29) is 53.1 Å². The summed E-state index contributed by atoms with van der Waals surface area (Å²) in [6.07, 6.45) is 4.23. The van der Waals surface area contributed by atoms with E-state index in [0.717, 1.165) is 45.4 Å². The summed E-state index contributed by atoms with van der Waals surface area (Å²) < 4.78 is 45.7. The van der Waals surface area contributed by atoms with Gasteiger partial charge in [0.2, 0.25) is 0 Å². The van der Waals surface area contributed by atoms with E-state index in [4.69, 9.17) is 33.2 Å². The number of nitrogens with zero attached hydrogens (tertiary/aromatic N) is 1. The second-order valence-corrected chi connectivity index (χ2v) is 12.5. The summed E-state index contributed by atoms with van der Waals surface area (Å²) in [5, 5.41) is 0. The van der Waals surface area contributed by atoms with Crippen molar-refractivity contribution in [3.8, 4) is 0 Å². The van der Waals surface area contributed by atoms with Crippen LogP contribution in [0.2, 0.25) is 0 Å². The van der Waals surface area contributed by atoms with Crippen LogP contribution in [-0.2, 0) is 33.2 Å². The molecule has 3 spiro atoms. The summed E-state index contributed by atoms with van der Waals surface area (Å²) in [6, 6.07) is 0.167. The van der Waals surface area contributed by atoms with Gasteiger partial charge in [-0.3, -0.25) is 4.90 Å². The molecule has 0 aromatic rings. The van der Waals surface area contributed by atoms with Gasteiger partial charge in [0.05, 0.1) is 37.1 Å². The fourth-order valence-electron chi connectivity index (χ4n) is 12.0. The Morgan fingerprint density at radius 2 is 1.83 bits per heavy atom. The molecule has 2 saturated heterocycles. The Labute approximate surface area is 209 Å². The molecule has 0 N–H and O–H groups in total. The van der Waals surface area contributed by atoms with Crippen LogP contribution in [0.3, 0.4) is 0 Å². The Balaban J connectivity index is 1.56. The molecule has 0 amide bonds. The molecule has 8 heteroatoms. The van der Waals surface area contributed by atoms with Crippen molar-refractivity contribution in [2.45, 2.75) is 74.3 Å². The van der Waals surface area contributed by atoms with Crippen LogP contribution >= 0.6 is 0 Å². The van der Waals surface area contributed by atoms with Gasteiger partial charge in [-0.25, -0.2) is 0 Å². The van der Waals surface area contributed by atoms with Gasteiger partial charge in [-0.15, -0.1) is 0 Å². The van der Waals surface area contributed by atoms with E-state index < -0.39 is 11.2 Å². The number of rotatable bonds is 7. The lowest BCUT2D eigenvalue weighted by molar-refractivity contribution is -0.287. The van der Waals surface area contributed by atoms with Gasteiger partial charge in [0.1, 0.15) is 18.0 Å². The molecule has 0 unspecified atom stereocenters. The van der Waals surface area contributed by atoms with E-state index in [0.29, 0.717) is 18.6 Å². The largest absolute Gasteiger partial charge is 0.384 e. The average molecular weight is 494 g/mol. The highest BCUT2D eigenvalue weighted by Crippen LogP contribution is 2.82. The van der Waals surface area contributed by atoms with E-state index in [1.807, 2.05) is 35.5 Å². The third-order valence-corrected chi connectivity index (χ3v) is 12.3. The molecule has 0 radical (unpaired) electrons. The molecule has 8 nitrogen and oxygen atoms in total. The van der Waals surface area contributed by atoms with E-state index >= 15 is 0 Å².